The van der Waals surface area contributed by atoms with Crippen molar-refractivity contribution in [1.82, 2.24) is 9.78 Å². The van der Waals surface area contributed by atoms with Crippen LogP contribution in [-0.2, 0) is 20.1 Å². The molecule has 1 aromatic heterocycles. The van der Waals surface area contributed by atoms with Gasteiger partial charge in [0, 0.05) is 7.05 Å². The zero-order valence-corrected chi connectivity index (χ0v) is 12.5. The minimum absolute atomic E-state index is 0.519. The Morgan fingerprint density at radius 1 is 1.39 bits per heavy atom. The van der Waals surface area contributed by atoms with Crippen LogP contribution in [0.4, 0.5) is 0 Å². The number of ether oxygens (including phenoxy) is 1. The van der Waals surface area contributed by atoms with E-state index in [9.17, 15) is 0 Å². The van der Waals surface area contributed by atoms with Crippen molar-refractivity contribution in [3.63, 3.8) is 0 Å². The van der Waals surface area contributed by atoms with Crippen molar-refractivity contribution in [2.75, 3.05) is 0 Å². The summed E-state index contributed by atoms with van der Waals surface area (Å²) in [6, 6.07) is 8.20. The van der Waals surface area contributed by atoms with E-state index in [1.807, 2.05) is 30.8 Å². The molecule has 0 N–H and O–H groups in total. The second kappa shape index (κ2) is 5.57. The molecule has 0 aliphatic carbocycles. The van der Waals surface area contributed by atoms with E-state index in [1.165, 1.54) is 5.56 Å². The van der Waals surface area contributed by atoms with Gasteiger partial charge in [0.15, 0.2) is 0 Å². The molecule has 0 spiro atoms. The Morgan fingerprint density at radius 2 is 2.17 bits per heavy atom. The highest BCUT2D eigenvalue weighted by Crippen LogP contribution is 2.22. The molecule has 0 atom stereocenters. The Bertz CT molecular complexity index is 549. The standard InChI is InChI=1S/C14H17BrN2O/c1-4-11-6-5-7-12(8-11)18-9-13-14(15)10(2)16-17(13)3/h5-8H,4,9H2,1-3H3. The zero-order chi connectivity index (χ0) is 13.1. The summed E-state index contributed by atoms with van der Waals surface area (Å²) in [5.74, 6) is 0.903. The van der Waals surface area contributed by atoms with Gasteiger partial charge in [0.2, 0.25) is 0 Å². The number of hydrogen-bond acceptors (Lipinski definition) is 2. The predicted octanol–water partition coefficient (Wildman–Crippen LogP) is 3.63. The summed E-state index contributed by atoms with van der Waals surface area (Å²) in [7, 11) is 1.93. The Hall–Kier alpha value is -1.29. The summed E-state index contributed by atoms with van der Waals surface area (Å²) < 4.78 is 8.69. The lowest BCUT2D eigenvalue weighted by atomic mass is 10.2. The summed E-state index contributed by atoms with van der Waals surface area (Å²) in [4.78, 5) is 0. The van der Waals surface area contributed by atoms with Gasteiger partial charge in [-0.2, -0.15) is 5.10 Å². The third-order valence-corrected chi connectivity index (χ3v) is 3.98. The van der Waals surface area contributed by atoms with Crippen molar-refractivity contribution in [1.29, 1.82) is 0 Å². The van der Waals surface area contributed by atoms with Gasteiger partial charge in [-0.3, -0.25) is 4.68 Å². The minimum atomic E-state index is 0.519. The highest BCUT2D eigenvalue weighted by Gasteiger charge is 2.10. The topological polar surface area (TPSA) is 27.1 Å². The summed E-state index contributed by atoms with van der Waals surface area (Å²) in [6.07, 6.45) is 1.02. The van der Waals surface area contributed by atoms with E-state index in [1.54, 1.807) is 0 Å². The van der Waals surface area contributed by atoms with Crippen LogP contribution in [0.25, 0.3) is 0 Å². The molecule has 0 aliphatic heterocycles. The Morgan fingerprint density at radius 3 is 2.78 bits per heavy atom. The van der Waals surface area contributed by atoms with Crippen LogP contribution >= 0.6 is 15.9 Å². The molecule has 0 bridgehead atoms. The number of aromatic nitrogens is 2. The number of hydrogen-bond donors (Lipinski definition) is 0. The van der Waals surface area contributed by atoms with Gasteiger partial charge in [0.1, 0.15) is 12.4 Å². The second-order valence-corrected chi connectivity index (χ2v) is 5.05. The molecule has 0 fully saturated rings. The van der Waals surface area contributed by atoms with Crippen LogP contribution in [0.1, 0.15) is 23.9 Å². The Labute approximate surface area is 116 Å². The molecule has 1 heterocycles. The number of aryl methyl sites for hydroxylation is 3. The fourth-order valence-corrected chi connectivity index (χ4v) is 2.29. The first-order valence-corrected chi connectivity index (χ1v) is 6.80. The number of benzene rings is 1. The number of nitrogens with zero attached hydrogens (tertiary/aromatic N) is 2. The molecule has 0 saturated heterocycles. The summed E-state index contributed by atoms with van der Waals surface area (Å²) in [5, 5.41) is 4.35. The number of halogens is 1. The fourth-order valence-electron chi connectivity index (χ4n) is 1.84. The SMILES string of the molecule is CCc1cccc(OCc2c(Br)c(C)nn2C)c1. The Balaban J connectivity index is 2.11. The molecule has 0 aliphatic rings. The summed E-state index contributed by atoms with van der Waals surface area (Å²) in [6.45, 7) is 4.64. The van der Waals surface area contributed by atoms with Crippen LogP contribution in [-0.4, -0.2) is 9.78 Å². The number of rotatable bonds is 4. The van der Waals surface area contributed by atoms with Gasteiger partial charge >= 0.3 is 0 Å². The molecular weight excluding hydrogens is 292 g/mol. The first kappa shape index (κ1) is 13.1. The molecular formula is C14H17BrN2O. The molecule has 96 valence electrons. The van der Waals surface area contributed by atoms with Gasteiger partial charge in [-0.25, -0.2) is 0 Å². The first-order valence-electron chi connectivity index (χ1n) is 6.01. The van der Waals surface area contributed by atoms with E-state index in [0.717, 1.165) is 28.0 Å². The van der Waals surface area contributed by atoms with Gasteiger partial charge in [-0.1, -0.05) is 19.1 Å². The van der Waals surface area contributed by atoms with E-state index in [0.29, 0.717) is 6.61 Å². The molecule has 4 heteroatoms. The third kappa shape index (κ3) is 2.75. The maximum Gasteiger partial charge on any atom is 0.131 e. The predicted molar refractivity (Wildman–Crippen MR) is 75.8 cm³/mol. The minimum Gasteiger partial charge on any atom is -0.487 e. The third-order valence-electron chi connectivity index (χ3n) is 2.94. The zero-order valence-electron chi connectivity index (χ0n) is 10.9. The van der Waals surface area contributed by atoms with E-state index >= 15 is 0 Å². The first-order chi connectivity index (χ1) is 8.61. The second-order valence-electron chi connectivity index (χ2n) is 4.26. The molecule has 3 nitrogen and oxygen atoms in total. The summed E-state index contributed by atoms with van der Waals surface area (Å²) >= 11 is 3.54. The largest absolute Gasteiger partial charge is 0.487 e. The van der Waals surface area contributed by atoms with Gasteiger partial charge in [-0.05, 0) is 47.0 Å². The fraction of sp³-hybridized carbons (Fsp3) is 0.357. The smallest absolute Gasteiger partial charge is 0.131 e. The average Bonchev–Trinajstić information content (AvgIpc) is 2.61. The molecule has 0 radical (unpaired) electrons. The lowest BCUT2D eigenvalue weighted by Gasteiger charge is -2.08. The van der Waals surface area contributed by atoms with E-state index in [4.69, 9.17) is 4.74 Å². The maximum atomic E-state index is 5.82. The van der Waals surface area contributed by atoms with E-state index < -0.39 is 0 Å². The maximum absolute atomic E-state index is 5.82. The van der Waals surface area contributed by atoms with Crippen LogP contribution in [0, 0.1) is 6.92 Å². The summed E-state index contributed by atoms with van der Waals surface area (Å²) in [5.41, 5.74) is 3.32. The van der Waals surface area contributed by atoms with Crippen molar-refractivity contribution < 1.29 is 4.74 Å². The van der Waals surface area contributed by atoms with Gasteiger partial charge in [-0.15, -0.1) is 0 Å². The van der Waals surface area contributed by atoms with Gasteiger partial charge in [0.05, 0.1) is 15.9 Å². The van der Waals surface area contributed by atoms with E-state index in [-0.39, 0.29) is 0 Å². The quantitative estimate of drug-likeness (QED) is 0.862. The van der Waals surface area contributed by atoms with Crippen molar-refractivity contribution in [2.24, 2.45) is 7.05 Å². The van der Waals surface area contributed by atoms with Crippen molar-refractivity contribution in [3.05, 3.63) is 45.7 Å². The normalized spacial score (nSPS) is 10.7. The van der Waals surface area contributed by atoms with Gasteiger partial charge < -0.3 is 4.74 Å². The monoisotopic (exact) mass is 308 g/mol. The molecule has 18 heavy (non-hydrogen) atoms. The Kier molecular flexibility index (Phi) is 4.07. The highest BCUT2D eigenvalue weighted by atomic mass is 79.9. The van der Waals surface area contributed by atoms with Gasteiger partial charge in [0.25, 0.3) is 0 Å². The van der Waals surface area contributed by atoms with Crippen LogP contribution < -0.4 is 4.74 Å². The van der Waals surface area contributed by atoms with Crippen molar-refractivity contribution in [2.45, 2.75) is 26.9 Å². The molecule has 0 amide bonds. The average molecular weight is 309 g/mol. The molecule has 1 aromatic carbocycles. The van der Waals surface area contributed by atoms with E-state index in [2.05, 4.69) is 40.1 Å². The van der Waals surface area contributed by atoms with Crippen molar-refractivity contribution >= 4 is 15.9 Å². The van der Waals surface area contributed by atoms with Crippen LogP contribution in [0.2, 0.25) is 0 Å². The lowest BCUT2D eigenvalue weighted by Crippen LogP contribution is -2.03. The molecule has 0 unspecified atom stereocenters. The molecule has 0 saturated carbocycles. The van der Waals surface area contributed by atoms with Crippen molar-refractivity contribution in [3.8, 4) is 5.75 Å². The molecule has 2 aromatic rings. The highest BCUT2D eigenvalue weighted by molar-refractivity contribution is 9.10. The molecule has 2 rings (SSSR count). The van der Waals surface area contributed by atoms with Crippen LogP contribution in [0.3, 0.4) is 0 Å². The lowest BCUT2D eigenvalue weighted by molar-refractivity contribution is 0.294. The van der Waals surface area contributed by atoms with Crippen LogP contribution in [0.5, 0.6) is 5.75 Å². The van der Waals surface area contributed by atoms with Crippen LogP contribution in [0.15, 0.2) is 28.7 Å².